The maximum atomic E-state index is 12.8. The number of H-pyrrole nitrogens is 1. The maximum Gasteiger partial charge on any atom is 0.278 e. The van der Waals surface area contributed by atoms with E-state index < -0.39 is 0 Å². The first-order valence-electron chi connectivity index (χ1n) is 12.0. The summed E-state index contributed by atoms with van der Waals surface area (Å²) in [4.78, 5) is 18.4. The first-order chi connectivity index (χ1) is 15.5. The lowest BCUT2D eigenvalue weighted by atomic mass is 9.90. The number of fused-ring (bicyclic) bond motifs is 1. The van der Waals surface area contributed by atoms with Crippen LogP contribution < -0.4 is 15.5 Å². The zero-order valence-corrected chi connectivity index (χ0v) is 19.6. The highest BCUT2D eigenvalue weighted by molar-refractivity contribution is 5.84. The molecule has 1 saturated carbocycles. The molecule has 2 aromatic carbocycles. The molecule has 4 rings (SSSR count). The van der Waals surface area contributed by atoms with Crippen LogP contribution in [0.5, 0.6) is 0 Å². The van der Waals surface area contributed by atoms with Crippen LogP contribution in [0.25, 0.3) is 10.9 Å². The number of carbonyl (C=O) groups is 1. The van der Waals surface area contributed by atoms with E-state index in [9.17, 15) is 4.79 Å². The Kier molecular flexibility index (Phi) is 7.15. The highest BCUT2D eigenvalue weighted by Crippen LogP contribution is 2.31. The van der Waals surface area contributed by atoms with Gasteiger partial charge in [0.25, 0.3) is 5.91 Å². The molecule has 170 valence electrons. The first-order valence-corrected chi connectivity index (χ1v) is 12.0. The number of quaternary nitrogens is 1. The van der Waals surface area contributed by atoms with Crippen LogP contribution in [-0.4, -0.2) is 43.6 Å². The van der Waals surface area contributed by atoms with E-state index in [4.69, 9.17) is 0 Å². The van der Waals surface area contributed by atoms with E-state index in [1.54, 1.807) is 0 Å². The molecule has 5 heteroatoms. The highest BCUT2D eigenvalue weighted by Gasteiger charge is 2.25. The number of nitrogens with two attached hydrogens (primary N) is 1. The van der Waals surface area contributed by atoms with Crippen molar-refractivity contribution in [1.82, 2.24) is 10.3 Å². The molecule has 0 spiro atoms. The summed E-state index contributed by atoms with van der Waals surface area (Å²) in [7, 11) is 4.12. The van der Waals surface area contributed by atoms with Crippen molar-refractivity contribution in [3.8, 4) is 0 Å². The van der Waals surface area contributed by atoms with Crippen LogP contribution in [0.15, 0.2) is 54.7 Å². The summed E-state index contributed by atoms with van der Waals surface area (Å²) in [6.45, 7) is 2.85. The van der Waals surface area contributed by atoms with Gasteiger partial charge in [-0.05, 0) is 49.1 Å². The van der Waals surface area contributed by atoms with Gasteiger partial charge in [0.2, 0.25) is 0 Å². The number of hydrogen-bond acceptors (Lipinski definition) is 2. The molecule has 0 saturated heterocycles. The van der Waals surface area contributed by atoms with E-state index in [1.807, 2.05) is 6.92 Å². The van der Waals surface area contributed by atoms with E-state index in [2.05, 4.69) is 89.3 Å². The largest absolute Gasteiger partial charge is 0.378 e. The Morgan fingerprint density at radius 2 is 1.81 bits per heavy atom. The van der Waals surface area contributed by atoms with Crippen molar-refractivity contribution in [2.24, 2.45) is 0 Å². The molecule has 0 bridgehead atoms. The molecular weight excluding hydrogens is 396 g/mol. The third kappa shape index (κ3) is 5.16. The normalized spacial score (nSPS) is 16.6. The summed E-state index contributed by atoms with van der Waals surface area (Å²) < 4.78 is 0. The van der Waals surface area contributed by atoms with Gasteiger partial charge < -0.3 is 20.5 Å². The Morgan fingerprint density at radius 1 is 1.09 bits per heavy atom. The van der Waals surface area contributed by atoms with Crippen LogP contribution in [-0.2, 0) is 4.79 Å². The zero-order valence-electron chi connectivity index (χ0n) is 19.6. The summed E-state index contributed by atoms with van der Waals surface area (Å²) in [5, 5.41) is 6.74. The molecular formula is C27H37N4O+. The molecule has 1 heterocycles. The zero-order chi connectivity index (χ0) is 22.5. The van der Waals surface area contributed by atoms with Gasteiger partial charge in [0.15, 0.2) is 6.04 Å². The first kappa shape index (κ1) is 22.4. The molecule has 0 aliphatic heterocycles. The average molecular weight is 434 g/mol. The van der Waals surface area contributed by atoms with E-state index in [-0.39, 0.29) is 17.9 Å². The molecule has 5 nitrogen and oxygen atoms in total. The quantitative estimate of drug-likeness (QED) is 0.506. The third-order valence-corrected chi connectivity index (χ3v) is 6.90. The number of hydrogen-bond donors (Lipinski definition) is 3. The molecule has 0 radical (unpaired) electrons. The molecule has 32 heavy (non-hydrogen) atoms. The monoisotopic (exact) mass is 433 g/mol. The van der Waals surface area contributed by atoms with Crippen molar-refractivity contribution in [3.05, 3.63) is 65.9 Å². The van der Waals surface area contributed by atoms with Crippen molar-refractivity contribution in [2.45, 2.75) is 57.0 Å². The Hall–Kier alpha value is -2.79. The summed E-state index contributed by atoms with van der Waals surface area (Å²) in [6.07, 6.45) is 8.13. The number of para-hydroxylation sites is 1. The Labute approximate surface area is 191 Å². The SMILES string of the molecule is C[C@H]([NH2+]C[C@H](c1ccc(N(C)C)cc1)c1c[nH]c2ccccc12)C(=O)NC1CCCCC1. The van der Waals surface area contributed by atoms with Crippen molar-refractivity contribution in [1.29, 1.82) is 0 Å². The fraction of sp³-hybridized carbons (Fsp3) is 0.444. The van der Waals surface area contributed by atoms with Crippen LogP contribution in [0.3, 0.4) is 0 Å². The number of amides is 1. The maximum absolute atomic E-state index is 12.8. The van der Waals surface area contributed by atoms with Gasteiger partial charge in [-0.3, -0.25) is 4.79 Å². The number of nitrogens with zero attached hydrogens (tertiary/aromatic N) is 1. The Balaban J connectivity index is 1.52. The number of nitrogens with one attached hydrogen (secondary N) is 2. The van der Waals surface area contributed by atoms with Gasteiger partial charge in [-0.25, -0.2) is 0 Å². The van der Waals surface area contributed by atoms with Crippen molar-refractivity contribution >= 4 is 22.5 Å². The Bertz CT molecular complexity index is 1020. The van der Waals surface area contributed by atoms with Crippen LogP contribution in [0.1, 0.15) is 56.1 Å². The van der Waals surface area contributed by atoms with Crippen molar-refractivity contribution < 1.29 is 10.1 Å². The number of aromatic nitrogens is 1. The summed E-state index contributed by atoms with van der Waals surface area (Å²) in [5.41, 5.74) is 4.90. The fourth-order valence-corrected chi connectivity index (χ4v) is 4.86. The van der Waals surface area contributed by atoms with Crippen LogP contribution in [0.2, 0.25) is 0 Å². The molecule has 2 atom stereocenters. The van der Waals surface area contributed by atoms with Gasteiger partial charge in [-0.15, -0.1) is 0 Å². The summed E-state index contributed by atoms with van der Waals surface area (Å²) in [6, 6.07) is 17.5. The lowest BCUT2D eigenvalue weighted by Crippen LogP contribution is -2.92. The van der Waals surface area contributed by atoms with E-state index in [1.165, 1.54) is 41.5 Å². The number of anilines is 1. The van der Waals surface area contributed by atoms with Crippen molar-refractivity contribution in [3.63, 3.8) is 0 Å². The standard InChI is InChI=1S/C27H36N4O/c1-19(27(32)30-21-9-5-4-6-10-21)28-17-24(20-13-15-22(16-14-20)31(2)3)25-18-29-26-12-8-7-11-23(25)26/h7-8,11-16,18-19,21,24,28-29H,4-6,9-10,17H2,1-3H3,(H,30,32)/p+1/t19-,24+/m0/s1. The van der Waals surface area contributed by atoms with Gasteiger partial charge in [-0.2, -0.15) is 0 Å². The van der Waals surface area contributed by atoms with Crippen LogP contribution in [0, 0.1) is 0 Å². The molecule has 1 aromatic heterocycles. The number of carbonyl (C=O) groups excluding carboxylic acids is 1. The predicted molar refractivity (Wildman–Crippen MR) is 132 cm³/mol. The van der Waals surface area contributed by atoms with Gasteiger partial charge >= 0.3 is 0 Å². The fourth-order valence-electron chi connectivity index (χ4n) is 4.86. The van der Waals surface area contributed by atoms with Gasteiger partial charge in [0.1, 0.15) is 0 Å². The van der Waals surface area contributed by atoms with Crippen molar-refractivity contribution in [2.75, 3.05) is 25.5 Å². The molecule has 0 unspecified atom stereocenters. The van der Waals surface area contributed by atoms with E-state index >= 15 is 0 Å². The molecule has 1 aliphatic carbocycles. The van der Waals surface area contributed by atoms with E-state index in [0.717, 1.165) is 24.9 Å². The second-order valence-corrected chi connectivity index (χ2v) is 9.43. The minimum atomic E-state index is -0.106. The number of aromatic amines is 1. The topological polar surface area (TPSA) is 64.7 Å². The molecule has 4 N–H and O–H groups in total. The van der Waals surface area contributed by atoms with Gasteiger partial charge in [-0.1, -0.05) is 49.6 Å². The molecule has 1 fully saturated rings. The average Bonchev–Trinajstić information content (AvgIpc) is 3.24. The van der Waals surface area contributed by atoms with Gasteiger partial charge in [0, 0.05) is 42.9 Å². The minimum Gasteiger partial charge on any atom is -0.378 e. The van der Waals surface area contributed by atoms with E-state index in [0.29, 0.717) is 6.04 Å². The number of benzene rings is 2. The van der Waals surface area contributed by atoms with Crippen LogP contribution in [0.4, 0.5) is 5.69 Å². The third-order valence-electron chi connectivity index (χ3n) is 6.90. The predicted octanol–water partition coefficient (Wildman–Crippen LogP) is 3.77. The molecule has 1 amide bonds. The lowest BCUT2D eigenvalue weighted by Gasteiger charge is -2.24. The second-order valence-electron chi connectivity index (χ2n) is 9.43. The van der Waals surface area contributed by atoms with Crippen LogP contribution >= 0.6 is 0 Å². The van der Waals surface area contributed by atoms with Gasteiger partial charge in [0.05, 0.1) is 12.5 Å². The Morgan fingerprint density at radius 3 is 2.53 bits per heavy atom. The molecule has 3 aromatic rings. The smallest absolute Gasteiger partial charge is 0.278 e. The molecule has 1 aliphatic rings. The minimum absolute atomic E-state index is 0.106. The number of rotatable bonds is 8. The highest BCUT2D eigenvalue weighted by atomic mass is 16.2. The lowest BCUT2D eigenvalue weighted by molar-refractivity contribution is -0.674. The summed E-state index contributed by atoms with van der Waals surface area (Å²) >= 11 is 0. The summed E-state index contributed by atoms with van der Waals surface area (Å²) in [5.74, 6) is 0.366. The second kappa shape index (κ2) is 10.2.